The van der Waals surface area contributed by atoms with Gasteiger partial charge in [-0.15, -0.1) is 16.6 Å². The molecule has 0 N–H and O–H groups in total. The summed E-state index contributed by atoms with van der Waals surface area (Å²) in [4.78, 5) is 20.9. The number of nitrogens with zero attached hydrogens (tertiary/aromatic N) is 5. The minimum Gasteiger partial charge on any atom is -0.444 e. The van der Waals surface area contributed by atoms with Gasteiger partial charge >= 0.3 is 6.09 Å². The van der Waals surface area contributed by atoms with Crippen LogP contribution < -0.4 is 4.90 Å². The van der Waals surface area contributed by atoms with E-state index in [1.807, 2.05) is 82.3 Å². The van der Waals surface area contributed by atoms with E-state index in [0.717, 1.165) is 22.7 Å². The number of aliphatic imine (C=N–C) groups is 1. The van der Waals surface area contributed by atoms with Crippen LogP contribution in [0.25, 0.3) is 0 Å². The molecule has 176 valence electrons. The van der Waals surface area contributed by atoms with Gasteiger partial charge in [-0.25, -0.2) is 9.79 Å². The molecule has 1 aliphatic rings. The zero-order valence-electron chi connectivity index (χ0n) is 20.2. The molecule has 0 radical (unpaired) electrons. The van der Waals surface area contributed by atoms with Crippen molar-refractivity contribution in [2.75, 3.05) is 31.1 Å². The SMILES string of the molecule is C#C/C=C(\C=C\C)C(=Nc1ccc(N2CCN(C(=O)OC(C)(C)C)CC2)nn1)c1ccccc1. The number of carbonyl (C=O) groups excluding carboxylic acids is 1. The topological polar surface area (TPSA) is 70.9 Å². The van der Waals surface area contributed by atoms with Gasteiger partial charge in [0.1, 0.15) is 5.60 Å². The number of allylic oxidation sites excluding steroid dienone is 4. The standard InChI is InChI=1S/C27H31N5O2/c1-6-11-21(12-7-2)25(22-13-9-8-10-14-22)28-23-15-16-24(30-29-23)31-17-19-32(20-18-31)26(33)34-27(3,4)5/h1,7-16H,17-20H2,2-5H3/b12-7+,21-11+,28-25?. The smallest absolute Gasteiger partial charge is 0.410 e. The number of aromatic nitrogens is 2. The summed E-state index contributed by atoms with van der Waals surface area (Å²) in [6.07, 6.45) is 10.8. The molecule has 0 unspecified atom stereocenters. The Balaban J connectivity index is 1.76. The van der Waals surface area contributed by atoms with Crippen LogP contribution in [0.4, 0.5) is 16.4 Å². The Morgan fingerprint density at radius 2 is 1.79 bits per heavy atom. The lowest BCUT2D eigenvalue weighted by Crippen LogP contribution is -2.50. The number of ether oxygens (including phenoxy) is 1. The van der Waals surface area contributed by atoms with Gasteiger partial charge in [-0.05, 0) is 45.9 Å². The predicted octanol–water partition coefficient (Wildman–Crippen LogP) is 4.79. The maximum atomic E-state index is 12.3. The highest BCUT2D eigenvalue weighted by molar-refractivity contribution is 6.15. The van der Waals surface area contributed by atoms with Gasteiger partial charge in [0.05, 0.1) is 5.71 Å². The van der Waals surface area contributed by atoms with Gasteiger partial charge in [0, 0.05) is 37.3 Å². The van der Waals surface area contributed by atoms with E-state index in [1.54, 1.807) is 11.0 Å². The molecule has 0 saturated carbocycles. The van der Waals surface area contributed by atoms with Crippen molar-refractivity contribution in [3.63, 3.8) is 0 Å². The Bertz CT molecular complexity index is 1100. The summed E-state index contributed by atoms with van der Waals surface area (Å²) in [6.45, 7) is 9.99. The molecule has 1 fully saturated rings. The molecule has 1 aromatic carbocycles. The van der Waals surface area contributed by atoms with Crippen LogP contribution in [0.5, 0.6) is 0 Å². The Hall–Kier alpha value is -3.92. The van der Waals surface area contributed by atoms with E-state index in [4.69, 9.17) is 16.2 Å². The van der Waals surface area contributed by atoms with E-state index in [1.165, 1.54) is 0 Å². The van der Waals surface area contributed by atoms with Gasteiger partial charge in [0.15, 0.2) is 11.6 Å². The van der Waals surface area contributed by atoms with Gasteiger partial charge in [0.25, 0.3) is 0 Å². The van der Waals surface area contributed by atoms with E-state index in [0.29, 0.717) is 32.0 Å². The van der Waals surface area contributed by atoms with Gasteiger partial charge in [-0.1, -0.05) is 48.4 Å². The minimum absolute atomic E-state index is 0.284. The molecule has 1 aliphatic heterocycles. The summed E-state index contributed by atoms with van der Waals surface area (Å²) >= 11 is 0. The van der Waals surface area contributed by atoms with Crippen LogP contribution in [0.1, 0.15) is 33.3 Å². The molecule has 2 heterocycles. The fourth-order valence-electron chi connectivity index (χ4n) is 3.46. The molecular formula is C27H31N5O2. The first-order valence-corrected chi connectivity index (χ1v) is 11.3. The number of terminal acetylenes is 1. The number of piperazine rings is 1. The normalized spacial score (nSPS) is 15.4. The monoisotopic (exact) mass is 457 g/mol. The summed E-state index contributed by atoms with van der Waals surface area (Å²) in [5.41, 5.74) is 1.98. The van der Waals surface area contributed by atoms with E-state index in [2.05, 4.69) is 21.0 Å². The van der Waals surface area contributed by atoms with Crippen molar-refractivity contribution in [3.05, 3.63) is 71.8 Å². The predicted molar refractivity (Wildman–Crippen MR) is 136 cm³/mol. The third kappa shape index (κ3) is 6.79. The fourth-order valence-corrected chi connectivity index (χ4v) is 3.46. The summed E-state index contributed by atoms with van der Waals surface area (Å²) in [5.74, 6) is 3.83. The number of anilines is 1. The summed E-state index contributed by atoms with van der Waals surface area (Å²) < 4.78 is 5.47. The molecule has 0 spiro atoms. The van der Waals surface area contributed by atoms with Crippen LogP contribution >= 0.6 is 0 Å². The largest absolute Gasteiger partial charge is 0.444 e. The molecule has 34 heavy (non-hydrogen) atoms. The van der Waals surface area contributed by atoms with E-state index >= 15 is 0 Å². The lowest BCUT2D eigenvalue weighted by molar-refractivity contribution is 0.0240. The molecule has 1 saturated heterocycles. The van der Waals surface area contributed by atoms with Crippen molar-refractivity contribution in [2.24, 2.45) is 4.99 Å². The van der Waals surface area contributed by atoms with Crippen LogP contribution in [0.2, 0.25) is 0 Å². The molecule has 0 aliphatic carbocycles. The van der Waals surface area contributed by atoms with Crippen molar-refractivity contribution < 1.29 is 9.53 Å². The second-order valence-corrected chi connectivity index (χ2v) is 8.80. The zero-order chi connectivity index (χ0) is 24.6. The van der Waals surface area contributed by atoms with Crippen LogP contribution in [0.15, 0.2) is 71.3 Å². The lowest BCUT2D eigenvalue weighted by atomic mass is 10.0. The van der Waals surface area contributed by atoms with Gasteiger partial charge < -0.3 is 14.5 Å². The first-order chi connectivity index (χ1) is 16.3. The first-order valence-electron chi connectivity index (χ1n) is 11.3. The molecule has 1 aromatic heterocycles. The highest BCUT2D eigenvalue weighted by Gasteiger charge is 2.26. The molecular weight excluding hydrogens is 426 g/mol. The maximum Gasteiger partial charge on any atom is 0.410 e. The van der Waals surface area contributed by atoms with E-state index in [-0.39, 0.29) is 6.09 Å². The van der Waals surface area contributed by atoms with Crippen LogP contribution in [-0.2, 0) is 4.74 Å². The molecule has 1 amide bonds. The minimum atomic E-state index is -0.503. The van der Waals surface area contributed by atoms with Crippen molar-refractivity contribution in [1.29, 1.82) is 0 Å². The Labute approximate surface area is 201 Å². The van der Waals surface area contributed by atoms with Crippen molar-refractivity contribution in [2.45, 2.75) is 33.3 Å². The Morgan fingerprint density at radius 1 is 1.09 bits per heavy atom. The number of hydrogen-bond acceptors (Lipinski definition) is 6. The number of amides is 1. The van der Waals surface area contributed by atoms with Gasteiger partial charge in [-0.3, -0.25) is 0 Å². The second kappa shape index (κ2) is 11.3. The molecule has 0 atom stereocenters. The zero-order valence-corrected chi connectivity index (χ0v) is 20.2. The average molecular weight is 458 g/mol. The molecule has 7 nitrogen and oxygen atoms in total. The van der Waals surface area contributed by atoms with Crippen LogP contribution in [0.3, 0.4) is 0 Å². The Kier molecular flexibility index (Phi) is 8.20. The summed E-state index contributed by atoms with van der Waals surface area (Å²) in [7, 11) is 0. The van der Waals surface area contributed by atoms with Crippen molar-refractivity contribution >= 4 is 23.4 Å². The molecule has 7 heteroatoms. The molecule has 0 bridgehead atoms. The lowest BCUT2D eigenvalue weighted by Gasteiger charge is -2.35. The van der Waals surface area contributed by atoms with Gasteiger partial charge in [-0.2, -0.15) is 0 Å². The average Bonchev–Trinajstić information content (AvgIpc) is 2.82. The van der Waals surface area contributed by atoms with Crippen LogP contribution in [0, 0.1) is 12.3 Å². The molecule has 2 aromatic rings. The van der Waals surface area contributed by atoms with Gasteiger partial charge in [0.2, 0.25) is 0 Å². The number of carbonyl (C=O) groups is 1. The highest BCUT2D eigenvalue weighted by atomic mass is 16.6. The highest BCUT2D eigenvalue weighted by Crippen LogP contribution is 2.20. The maximum absolute atomic E-state index is 12.3. The fraction of sp³-hybridized carbons (Fsp3) is 0.333. The van der Waals surface area contributed by atoms with E-state index < -0.39 is 5.60 Å². The van der Waals surface area contributed by atoms with E-state index in [9.17, 15) is 4.79 Å². The quantitative estimate of drug-likeness (QED) is 0.367. The van der Waals surface area contributed by atoms with Crippen LogP contribution in [-0.4, -0.2) is 58.7 Å². The number of benzene rings is 1. The van der Waals surface area contributed by atoms with Crippen molar-refractivity contribution in [1.82, 2.24) is 15.1 Å². The summed E-state index contributed by atoms with van der Waals surface area (Å²) in [6, 6.07) is 13.6. The number of hydrogen-bond donors (Lipinski definition) is 0. The van der Waals surface area contributed by atoms with Crippen molar-refractivity contribution in [3.8, 4) is 12.3 Å². The first kappa shape index (κ1) is 24.7. The Morgan fingerprint density at radius 3 is 2.35 bits per heavy atom. The second-order valence-electron chi connectivity index (χ2n) is 8.80. The number of rotatable bonds is 5. The summed E-state index contributed by atoms with van der Waals surface area (Å²) in [5, 5.41) is 8.72. The molecule has 3 rings (SSSR count). The third-order valence-electron chi connectivity index (χ3n) is 5.02. The third-order valence-corrected chi connectivity index (χ3v) is 5.02.